The minimum atomic E-state index is -0.0395. The van der Waals surface area contributed by atoms with Crippen LogP contribution in [0.4, 0.5) is 5.69 Å². The van der Waals surface area contributed by atoms with Crippen LogP contribution in [0.25, 0.3) is 6.08 Å². The first kappa shape index (κ1) is 19.7. The minimum absolute atomic E-state index is 0.0123. The lowest BCUT2D eigenvalue weighted by atomic mass is 10.1. The van der Waals surface area contributed by atoms with Crippen LogP contribution in [0, 0.1) is 25.2 Å². The summed E-state index contributed by atoms with van der Waals surface area (Å²) in [6.45, 7) is 6.57. The molecule has 0 atom stereocenters. The number of carbonyl (C=O) groups excluding carboxylic acids is 1. The molecule has 0 spiro atoms. The van der Waals surface area contributed by atoms with Crippen LogP contribution in [-0.4, -0.2) is 29.1 Å². The van der Waals surface area contributed by atoms with Gasteiger partial charge in [0.25, 0.3) is 5.91 Å². The molecule has 3 rings (SSSR count). The number of para-hydroxylation sites is 1. The molecular weight excluding hydrogens is 370 g/mol. The fourth-order valence-corrected chi connectivity index (χ4v) is 3.92. The Bertz CT molecular complexity index is 968. The van der Waals surface area contributed by atoms with E-state index in [2.05, 4.69) is 0 Å². The van der Waals surface area contributed by atoms with Gasteiger partial charge in [-0.25, -0.2) is 4.99 Å². The summed E-state index contributed by atoms with van der Waals surface area (Å²) in [4.78, 5) is 19.9. The maximum absolute atomic E-state index is 12.8. The number of carbonyl (C=O) groups is 1. The van der Waals surface area contributed by atoms with Crippen molar-refractivity contribution in [2.24, 2.45) is 4.99 Å². The molecule has 28 heavy (non-hydrogen) atoms. The molecule has 1 aliphatic heterocycles. The molecule has 142 valence electrons. The third-order valence-corrected chi connectivity index (χ3v) is 5.34. The number of nitrogens with zero attached hydrogens (tertiary/aromatic N) is 3. The van der Waals surface area contributed by atoms with Crippen LogP contribution in [0.3, 0.4) is 0 Å². The molecule has 2 aromatic carbocycles. The Kier molecular flexibility index (Phi) is 6.17. The quantitative estimate of drug-likeness (QED) is 0.685. The van der Waals surface area contributed by atoms with E-state index in [1.807, 2.05) is 63.2 Å². The number of hydrogen-bond donors (Lipinski definition) is 0. The number of amidine groups is 1. The molecule has 5 nitrogen and oxygen atoms in total. The molecule has 0 saturated carbocycles. The van der Waals surface area contributed by atoms with Crippen LogP contribution >= 0.6 is 11.8 Å². The number of thioether (sulfide) groups is 1. The fraction of sp³-hybridized carbons (Fsp3) is 0.227. The Labute approximate surface area is 169 Å². The Morgan fingerprint density at radius 3 is 2.46 bits per heavy atom. The molecule has 1 fully saturated rings. The smallest absolute Gasteiger partial charge is 0.266 e. The lowest BCUT2D eigenvalue weighted by molar-refractivity contribution is -0.122. The summed E-state index contributed by atoms with van der Waals surface area (Å²) in [6, 6.07) is 15.3. The lowest BCUT2D eigenvalue weighted by Gasteiger charge is -2.13. The zero-order valence-electron chi connectivity index (χ0n) is 16.1. The average molecular weight is 391 g/mol. The zero-order chi connectivity index (χ0) is 20.1. The van der Waals surface area contributed by atoms with Crippen molar-refractivity contribution in [2.75, 3.05) is 13.2 Å². The van der Waals surface area contributed by atoms with Gasteiger partial charge in [-0.15, -0.1) is 0 Å². The van der Waals surface area contributed by atoms with Crippen LogP contribution < -0.4 is 4.74 Å². The summed E-state index contributed by atoms with van der Waals surface area (Å²) >= 11 is 1.39. The van der Waals surface area contributed by atoms with Gasteiger partial charge in [0.15, 0.2) is 11.8 Å². The highest BCUT2D eigenvalue weighted by molar-refractivity contribution is 8.18. The molecule has 0 N–H and O–H groups in total. The second-order valence-electron chi connectivity index (χ2n) is 6.31. The highest BCUT2D eigenvalue weighted by Crippen LogP contribution is 2.35. The molecule has 0 aliphatic carbocycles. The number of hydrogen-bond acceptors (Lipinski definition) is 5. The van der Waals surface area contributed by atoms with Gasteiger partial charge in [0, 0.05) is 6.54 Å². The molecule has 1 amide bonds. The summed E-state index contributed by atoms with van der Waals surface area (Å²) in [5.74, 6) is 0.587. The first-order valence-corrected chi connectivity index (χ1v) is 9.81. The number of benzene rings is 2. The van der Waals surface area contributed by atoms with Gasteiger partial charge in [-0.3, -0.25) is 9.69 Å². The summed E-state index contributed by atoms with van der Waals surface area (Å²) in [5, 5.41) is 9.27. The lowest BCUT2D eigenvalue weighted by Crippen LogP contribution is -2.28. The normalized spacial score (nSPS) is 16.6. The number of nitriles is 1. The van der Waals surface area contributed by atoms with E-state index >= 15 is 0 Å². The van der Waals surface area contributed by atoms with Gasteiger partial charge in [-0.2, -0.15) is 5.26 Å². The Morgan fingerprint density at radius 2 is 1.86 bits per heavy atom. The molecule has 1 aliphatic rings. The van der Waals surface area contributed by atoms with E-state index in [1.165, 1.54) is 11.8 Å². The number of amides is 1. The highest BCUT2D eigenvalue weighted by atomic mass is 32.2. The highest BCUT2D eigenvalue weighted by Gasteiger charge is 2.32. The predicted octanol–water partition coefficient (Wildman–Crippen LogP) is 4.83. The van der Waals surface area contributed by atoms with Gasteiger partial charge in [0.2, 0.25) is 0 Å². The summed E-state index contributed by atoms with van der Waals surface area (Å²) < 4.78 is 5.26. The number of aliphatic imine (C=N–C) groups is 1. The summed E-state index contributed by atoms with van der Waals surface area (Å²) in [7, 11) is 0. The topological polar surface area (TPSA) is 65.7 Å². The largest absolute Gasteiger partial charge is 0.479 e. The van der Waals surface area contributed by atoms with Gasteiger partial charge in [0.1, 0.15) is 11.8 Å². The van der Waals surface area contributed by atoms with Crippen molar-refractivity contribution in [3.8, 4) is 11.8 Å². The zero-order valence-corrected chi connectivity index (χ0v) is 16.9. The van der Waals surface area contributed by atoms with Crippen LogP contribution in [0.1, 0.15) is 23.6 Å². The van der Waals surface area contributed by atoms with E-state index in [9.17, 15) is 4.79 Å². The average Bonchev–Trinajstić information content (AvgIpc) is 2.98. The molecule has 6 heteroatoms. The summed E-state index contributed by atoms with van der Waals surface area (Å²) in [6.07, 6.45) is 1.86. The van der Waals surface area contributed by atoms with E-state index in [0.717, 1.165) is 22.4 Å². The second-order valence-corrected chi connectivity index (χ2v) is 7.32. The van der Waals surface area contributed by atoms with Gasteiger partial charge >= 0.3 is 0 Å². The van der Waals surface area contributed by atoms with Crippen molar-refractivity contribution in [3.63, 3.8) is 0 Å². The first-order chi connectivity index (χ1) is 13.5. The predicted molar refractivity (Wildman–Crippen MR) is 114 cm³/mol. The maximum atomic E-state index is 12.8. The fourth-order valence-electron chi connectivity index (χ4n) is 2.88. The van der Waals surface area contributed by atoms with Crippen LogP contribution in [0.15, 0.2) is 52.4 Å². The Balaban J connectivity index is 1.88. The van der Waals surface area contributed by atoms with Crippen LogP contribution in [0.5, 0.6) is 5.75 Å². The Hall–Kier alpha value is -3.04. The molecule has 0 aromatic heterocycles. The first-order valence-electron chi connectivity index (χ1n) is 8.99. The van der Waals surface area contributed by atoms with Crippen molar-refractivity contribution in [1.82, 2.24) is 4.90 Å². The van der Waals surface area contributed by atoms with Crippen molar-refractivity contribution >= 4 is 34.6 Å². The molecule has 0 radical (unpaired) electrons. The molecule has 2 aromatic rings. The van der Waals surface area contributed by atoms with Crippen molar-refractivity contribution in [2.45, 2.75) is 20.8 Å². The second kappa shape index (κ2) is 8.77. The van der Waals surface area contributed by atoms with Crippen molar-refractivity contribution in [1.29, 1.82) is 5.26 Å². The summed E-state index contributed by atoms with van der Waals surface area (Å²) in [5.41, 5.74) is 3.98. The number of aryl methyl sites for hydroxylation is 2. The molecule has 1 saturated heterocycles. The van der Waals surface area contributed by atoms with E-state index in [0.29, 0.717) is 22.4 Å². The number of likely N-dealkylation sites (N-methyl/N-ethyl adjacent to an activating group) is 1. The van der Waals surface area contributed by atoms with E-state index in [1.54, 1.807) is 17.0 Å². The van der Waals surface area contributed by atoms with E-state index < -0.39 is 0 Å². The standard InChI is InChI=1S/C22H21N3O2S/c1-4-25-21(26)19(14-17-8-10-18(11-9-17)27-13-12-23)28-22(25)24-20-15(2)6-5-7-16(20)3/h5-11,14H,4,13H2,1-3H3/b19-14+,24-22?. The molecule has 1 heterocycles. The van der Waals surface area contributed by atoms with E-state index in [-0.39, 0.29) is 12.5 Å². The van der Waals surface area contributed by atoms with E-state index in [4.69, 9.17) is 15.0 Å². The van der Waals surface area contributed by atoms with Gasteiger partial charge in [-0.1, -0.05) is 30.3 Å². The molecule has 0 unspecified atom stereocenters. The van der Waals surface area contributed by atoms with Crippen LogP contribution in [0.2, 0.25) is 0 Å². The van der Waals surface area contributed by atoms with Gasteiger partial charge < -0.3 is 4.74 Å². The van der Waals surface area contributed by atoms with Crippen molar-refractivity contribution < 1.29 is 9.53 Å². The number of ether oxygens (including phenoxy) is 1. The van der Waals surface area contributed by atoms with Crippen molar-refractivity contribution in [3.05, 3.63) is 64.1 Å². The number of rotatable bonds is 5. The molecule has 0 bridgehead atoms. The maximum Gasteiger partial charge on any atom is 0.266 e. The third kappa shape index (κ3) is 4.26. The van der Waals surface area contributed by atoms with Gasteiger partial charge in [-0.05, 0) is 67.4 Å². The Morgan fingerprint density at radius 1 is 1.18 bits per heavy atom. The van der Waals surface area contributed by atoms with Gasteiger partial charge in [0.05, 0.1) is 10.6 Å². The molecular formula is C22H21N3O2S. The van der Waals surface area contributed by atoms with Crippen LogP contribution in [-0.2, 0) is 4.79 Å². The SMILES string of the molecule is CCN1C(=O)/C(=C\c2ccc(OCC#N)cc2)SC1=Nc1c(C)cccc1C. The minimum Gasteiger partial charge on any atom is -0.479 e. The monoisotopic (exact) mass is 391 g/mol. The third-order valence-electron chi connectivity index (χ3n) is 4.33.